The second-order valence-corrected chi connectivity index (χ2v) is 5.82. The predicted molar refractivity (Wildman–Crippen MR) is 99.8 cm³/mol. The van der Waals surface area contributed by atoms with Crippen LogP contribution in [0.15, 0.2) is 0 Å². The molecule has 0 unspecified atom stereocenters. The van der Waals surface area contributed by atoms with Gasteiger partial charge in [-0.25, -0.2) is 0 Å². The zero-order chi connectivity index (χ0) is 17.1. The third kappa shape index (κ3) is 34.3. The molecule has 0 heterocycles. The third-order valence-corrected chi connectivity index (χ3v) is 3.49. The normalized spacial score (nSPS) is 9.48. The van der Waals surface area contributed by atoms with E-state index in [-0.39, 0.29) is 27.3 Å². The Morgan fingerprint density at radius 1 is 0.565 bits per heavy atom. The summed E-state index contributed by atoms with van der Waals surface area (Å²) in [6.07, 6.45) is 14.5. The van der Waals surface area contributed by atoms with Gasteiger partial charge in [0.15, 0.2) is 0 Å². The average Bonchev–Trinajstić information content (AvgIpc) is 2.46. The summed E-state index contributed by atoms with van der Waals surface area (Å²) >= 11 is 0. The summed E-state index contributed by atoms with van der Waals surface area (Å²) in [5, 5.41) is 16.6. The van der Waals surface area contributed by atoms with Gasteiger partial charge < -0.3 is 10.2 Å². The Morgan fingerprint density at radius 2 is 0.826 bits per heavy atom. The molecular weight excluding hydrogens is 487 g/mol. The van der Waals surface area contributed by atoms with Gasteiger partial charge in [0.25, 0.3) is 0 Å². The summed E-state index contributed by atoms with van der Waals surface area (Å²) in [5.41, 5.74) is 0. The molecule has 0 saturated heterocycles. The monoisotopic (exact) mass is 526 g/mol. The van der Waals surface area contributed by atoms with Crippen LogP contribution in [-0.4, -0.2) is 49.5 Å². The van der Waals surface area contributed by atoms with E-state index in [0.29, 0.717) is 12.8 Å². The second kappa shape index (κ2) is 24.1. The van der Waals surface area contributed by atoms with Crippen LogP contribution in [0.25, 0.3) is 0 Å². The zero-order valence-electron chi connectivity index (χ0n) is 15.3. The molecule has 0 aliphatic carbocycles. The van der Waals surface area contributed by atoms with Crippen molar-refractivity contribution in [1.29, 1.82) is 0 Å². The first-order valence-electron chi connectivity index (χ1n) is 8.98. The van der Waals surface area contributed by atoms with Crippen LogP contribution < -0.4 is 0 Å². The molecule has 0 aliphatic heterocycles. The Labute approximate surface area is 162 Å². The Hall–Kier alpha value is -0.138. The van der Waals surface area contributed by atoms with Gasteiger partial charge in [-0.3, -0.25) is 9.59 Å². The standard InChI is InChI=1S/C10H20O2.C8H16O2.Pb.2H/c1-2-3-4-5-6-7-8-9-10(11)12;1-2-3-4-5-6-7-8(9)10;;;/h2-9H2,1H3,(H,11,12);2-7H2,1H3,(H,9,10);;;. The first kappa shape index (κ1) is 27.7. The summed E-state index contributed by atoms with van der Waals surface area (Å²) < 4.78 is 0. The molecule has 0 aromatic rings. The van der Waals surface area contributed by atoms with Crippen LogP contribution in [0, 0.1) is 0 Å². The van der Waals surface area contributed by atoms with Gasteiger partial charge in [0.1, 0.15) is 0 Å². The van der Waals surface area contributed by atoms with Crippen LogP contribution >= 0.6 is 0 Å². The van der Waals surface area contributed by atoms with E-state index in [0.717, 1.165) is 25.7 Å². The number of unbranched alkanes of at least 4 members (excludes halogenated alkanes) is 10. The van der Waals surface area contributed by atoms with E-state index >= 15 is 0 Å². The summed E-state index contributed by atoms with van der Waals surface area (Å²) in [6, 6.07) is 0. The van der Waals surface area contributed by atoms with Crippen molar-refractivity contribution < 1.29 is 19.8 Å². The molecule has 2 radical (unpaired) electrons. The molecule has 0 rings (SSSR count). The van der Waals surface area contributed by atoms with Gasteiger partial charge in [0.05, 0.1) is 0 Å². The molecule has 138 valence electrons. The minimum absolute atomic E-state index is 0. The molecule has 0 spiro atoms. The molecule has 0 saturated carbocycles. The number of hydrogen-bond donors (Lipinski definition) is 2. The fraction of sp³-hybridized carbons (Fsp3) is 0.889. The Kier molecular flexibility index (Phi) is 29.0. The van der Waals surface area contributed by atoms with Crippen LogP contribution in [0.1, 0.15) is 104 Å². The van der Waals surface area contributed by atoms with Crippen molar-refractivity contribution in [3.8, 4) is 0 Å². The van der Waals surface area contributed by atoms with Gasteiger partial charge >= 0.3 is 39.2 Å². The van der Waals surface area contributed by atoms with Crippen molar-refractivity contribution in [3.63, 3.8) is 0 Å². The average molecular weight is 526 g/mol. The van der Waals surface area contributed by atoms with Crippen LogP contribution in [0.4, 0.5) is 0 Å². The third-order valence-electron chi connectivity index (χ3n) is 3.49. The number of carbonyl (C=O) groups is 2. The Bertz CT molecular complexity index is 257. The molecule has 0 atom stereocenters. The van der Waals surface area contributed by atoms with Crippen LogP contribution in [0.2, 0.25) is 0 Å². The van der Waals surface area contributed by atoms with E-state index in [1.807, 2.05) is 0 Å². The van der Waals surface area contributed by atoms with Crippen LogP contribution in [0.3, 0.4) is 0 Å². The summed E-state index contributed by atoms with van der Waals surface area (Å²) in [4.78, 5) is 20.2. The molecule has 0 aromatic carbocycles. The van der Waals surface area contributed by atoms with E-state index in [2.05, 4.69) is 13.8 Å². The summed E-state index contributed by atoms with van der Waals surface area (Å²) in [7, 11) is 0. The van der Waals surface area contributed by atoms with E-state index in [1.165, 1.54) is 51.4 Å². The number of rotatable bonds is 14. The summed E-state index contributed by atoms with van der Waals surface area (Å²) in [6.45, 7) is 4.35. The molecular formula is C18H38O4Pb. The number of hydrogen-bond acceptors (Lipinski definition) is 2. The second-order valence-electron chi connectivity index (χ2n) is 5.82. The van der Waals surface area contributed by atoms with Gasteiger partial charge in [-0.1, -0.05) is 78.1 Å². The van der Waals surface area contributed by atoms with Gasteiger partial charge in [0, 0.05) is 12.8 Å². The fourth-order valence-electron chi connectivity index (χ4n) is 2.11. The molecule has 5 heteroatoms. The van der Waals surface area contributed by atoms with E-state index in [1.54, 1.807) is 0 Å². The molecule has 23 heavy (non-hydrogen) atoms. The quantitative estimate of drug-likeness (QED) is 0.254. The Balaban J connectivity index is -0.000000338. The fourth-order valence-corrected chi connectivity index (χ4v) is 2.11. The van der Waals surface area contributed by atoms with Crippen molar-refractivity contribution in [2.45, 2.75) is 104 Å². The maximum absolute atomic E-state index is 10.1. The first-order chi connectivity index (χ1) is 10.5. The van der Waals surface area contributed by atoms with Gasteiger partial charge in [-0.2, -0.15) is 0 Å². The van der Waals surface area contributed by atoms with Gasteiger partial charge in [-0.05, 0) is 12.8 Å². The number of aliphatic carboxylic acids is 2. The molecule has 2 N–H and O–H groups in total. The summed E-state index contributed by atoms with van der Waals surface area (Å²) in [5.74, 6) is -1.33. The molecule has 4 nitrogen and oxygen atoms in total. The number of carboxylic acid groups (broad SMARTS) is 2. The SMILES string of the molecule is CCCCCCCC(=O)O.CCCCCCCCCC(=O)O.[PbH2]. The predicted octanol–water partition coefficient (Wildman–Crippen LogP) is 4.73. The Morgan fingerprint density at radius 3 is 1.09 bits per heavy atom. The molecule has 0 aliphatic rings. The van der Waals surface area contributed by atoms with Crippen molar-refractivity contribution >= 4 is 39.2 Å². The van der Waals surface area contributed by atoms with Crippen molar-refractivity contribution in [1.82, 2.24) is 0 Å². The van der Waals surface area contributed by atoms with E-state index in [4.69, 9.17) is 10.2 Å². The van der Waals surface area contributed by atoms with Crippen molar-refractivity contribution in [2.24, 2.45) is 0 Å². The zero-order valence-corrected chi connectivity index (χ0v) is 20.8. The molecule has 0 aromatic heterocycles. The topological polar surface area (TPSA) is 74.6 Å². The first-order valence-corrected chi connectivity index (χ1v) is 8.98. The molecule has 0 amide bonds. The molecule has 0 fully saturated rings. The van der Waals surface area contributed by atoms with Crippen molar-refractivity contribution in [3.05, 3.63) is 0 Å². The maximum atomic E-state index is 10.1. The van der Waals surface area contributed by atoms with Gasteiger partial charge in [-0.15, -0.1) is 0 Å². The van der Waals surface area contributed by atoms with Gasteiger partial charge in [0.2, 0.25) is 0 Å². The van der Waals surface area contributed by atoms with Crippen molar-refractivity contribution in [2.75, 3.05) is 0 Å². The van der Waals surface area contributed by atoms with E-state index < -0.39 is 11.9 Å². The van der Waals surface area contributed by atoms with E-state index in [9.17, 15) is 9.59 Å². The molecule has 0 bridgehead atoms. The van der Waals surface area contributed by atoms with Crippen LogP contribution in [-0.2, 0) is 9.59 Å². The minimum atomic E-state index is -0.670. The number of carboxylic acids is 2. The van der Waals surface area contributed by atoms with Crippen LogP contribution in [0.5, 0.6) is 0 Å².